The summed E-state index contributed by atoms with van der Waals surface area (Å²) in [6, 6.07) is 7.48. The average molecular weight is 234 g/mol. The smallest absolute Gasteiger partial charge is 0.311 e. The van der Waals surface area contributed by atoms with Crippen LogP contribution in [0.5, 0.6) is 5.75 Å². The summed E-state index contributed by atoms with van der Waals surface area (Å²) in [6.45, 7) is 0. The van der Waals surface area contributed by atoms with E-state index >= 15 is 0 Å². The van der Waals surface area contributed by atoms with Crippen molar-refractivity contribution in [3.63, 3.8) is 0 Å². The average Bonchev–Trinajstić information content (AvgIpc) is 2.59. The van der Waals surface area contributed by atoms with Gasteiger partial charge in [0.25, 0.3) is 0 Å². The SMILES string of the molecule is COc1ccc(/C=C2/SC(=O)N=C2N)cc1. The molecule has 0 fully saturated rings. The van der Waals surface area contributed by atoms with Gasteiger partial charge in [-0.05, 0) is 35.5 Å². The fourth-order valence-corrected chi connectivity index (χ4v) is 1.95. The Morgan fingerprint density at radius 1 is 1.38 bits per heavy atom. The minimum Gasteiger partial charge on any atom is -0.497 e. The van der Waals surface area contributed by atoms with Crippen LogP contribution < -0.4 is 10.5 Å². The van der Waals surface area contributed by atoms with Gasteiger partial charge in [0.1, 0.15) is 11.6 Å². The maximum absolute atomic E-state index is 11.0. The lowest BCUT2D eigenvalue weighted by Gasteiger charge is -2.00. The molecule has 2 rings (SSSR count). The van der Waals surface area contributed by atoms with Gasteiger partial charge >= 0.3 is 5.24 Å². The van der Waals surface area contributed by atoms with Crippen LogP contribution in [0.25, 0.3) is 6.08 Å². The second-order valence-electron chi connectivity index (χ2n) is 3.15. The number of ether oxygens (including phenoxy) is 1. The zero-order chi connectivity index (χ0) is 11.5. The standard InChI is InChI=1S/C11H10N2O2S/c1-15-8-4-2-7(3-5-8)6-9-10(12)13-11(14)16-9/h2-6H,1H3,(H2,12,13,14)/b9-6+. The van der Waals surface area contributed by atoms with E-state index in [1.165, 1.54) is 0 Å². The van der Waals surface area contributed by atoms with E-state index in [1.54, 1.807) is 7.11 Å². The van der Waals surface area contributed by atoms with Gasteiger partial charge in [0.2, 0.25) is 0 Å². The van der Waals surface area contributed by atoms with Crippen molar-refractivity contribution in [3.8, 4) is 5.75 Å². The van der Waals surface area contributed by atoms with Crippen LogP contribution in [0, 0.1) is 0 Å². The number of hydrogen-bond donors (Lipinski definition) is 1. The highest BCUT2D eigenvalue weighted by atomic mass is 32.2. The fourth-order valence-electron chi connectivity index (χ4n) is 1.28. The van der Waals surface area contributed by atoms with Crippen molar-refractivity contribution in [2.45, 2.75) is 0 Å². The van der Waals surface area contributed by atoms with E-state index < -0.39 is 0 Å². The number of rotatable bonds is 2. The minimum absolute atomic E-state index is 0.266. The molecule has 0 saturated heterocycles. The Morgan fingerprint density at radius 2 is 2.06 bits per heavy atom. The molecule has 1 heterocycles. The van der Waals surface area contributed by atoms with Crippen LogP contribution in [0.15, 0.2) is 34.2 Å². The first-order valence-electron chi connectivity index (χ1n) is 4.61. The van der Waals surface area contributed by atoms with Crippen molar-refractivity contribution in [3.05, 3.63) is 34.7 Å². The summed E-state index contributed by atoms with van der Waals surface area (Å²) < 4.78 is 5.05. The molecule has 0 radical (unpaired) electrons. The number of amides is 1. The number of thioether (sulfide) groups is 1. The highest BCUT2D eigenvalue weighted by molar-refractivity contribution is 8.18. The van der Waals surface area contributed by atoms with Crippen LogP contribution in [0.1, 0.15) is 5.56 Å². The Bertz CT molecular complexity index is 477. The Balaban J connectivity index is 2.23. The minimum atomic E-state index is -0.266. The summed E-state index contributed by atoms with van der Waals surface area (Å²) in [7, 11) is 1.61. The zero-order valence-electron chi connectivity index (χ0n) is 8.64. The molecule has 0 unspecified atom stereocenters. The van der Waals surface area contributed by atoms with E-state index in [-0.39, 0.29) is 11.1 Å². The van der Waals surface area contributed by atoms with Crippen molar-refractivity contribution in [2.24, 2.45) is 10.7 Å². The number of methoxy groups -OCH3 is 1. The van der Waals surface area contributed by atoms with Gasteiger partial charge in [0, 0.05) is 0 Å². The summed E-state index contributed by atoms with van der Waals surface area (Å²) in [5, 5.41) is -0.266. The molecule has 0 saturated carbocycles. The number of nitrogens with two attached hydrogens (primary N) is 1. The van der Waals surface area contributed by atoms with Gasteiger partial charge in [-0.15, -0.1) is 0 Å². The third-order valence-corrected chi connectivity index (χ3v) is 2.89. The Kier molecular flexibility index (Phi) is 2.96. The molecular weight excluding hydrogens is 224 g/mol. The molecule has 0 spiro atoms. The molecule has 1 aliphatic heterocycles. The van der Waals surface area contributed by atoms with Gasteiger partial charge in [-0.1, -0.05) is 12.1 Å². The van der Waals surface area contributed by atoms with Crippen molar-refractivity contribution < 1.29 is 9.53 Å². The molecule has 16 heavy (non-hydrogen) atoms. The molecule has 2 N–H and O–H groups in total. The maximum Gasteiger partial charge on any atom is 0.311 e. The van der Waals surface area contributed by atoms with Gasteiger partial charge < -0.3 is 10.5 Å². The quantitative estimate of drug-likeness (QED) is 0.852. The number of nitrogens with zero attached hydrogens (tertiary/aromatic N) is 1. The van der Waals surface area contributed by atoms with E-state index in [1.807, 2.05) is 30.3 Å². The fraction of sp³-hybridized carbons (Fsp3) is 0.0909. The monoisotopic (exact) mass is 234 g/mol. The number of amidine groups is 1. The highest BCUT2D eigenvalue weighted by Gasteiger charge is 2.18. The third kappa shape index (κ3) is 2.25. The van der Waals surface area contributed by atoms with Crippen LogP contribution in [-0.4, -0.2) is 18.2 Å². The third-order valence-electron chi connectivity index (χ3n) is 2.08. The number of benzene rings is 1. The molecule has 0 bridgehead atoms. The normalized spacial score (nSPS) is 17.7. The van der Waals surface area contributed by atoms with Gasteiger partial charge in [0.15, 0.2) is 0 Å². The van der Waals surface area contributed by atoms with E-state index in [0.29, 0.717) is 4.91 Å². The highest BCUT2D eigenvalue weighted by Crippen LogP contribution is 2.27. The molecular formula is C11H10N2O2S. The molecule has 82 valence electrons. The lowest BCUT2D eigenvalue weighted by Crippen LogP contribution is -2.08. The number of carbonyl (C=O) groups excluding carboxylic acids is 1. The molecule has 1 amide bonds. The van der Waals surface area contributed by atoms with Crippen LogP contribution in [-0.2, 0) is 0 Å². The van der Waals surface area contributed by atoms with Crippen molar-refractivity contribution in [1.29, 1.82) is 0 Å². The lowest BCUT2D eigenvalue weighted by atomic mass is 10.2. The van der Waals surface area contributed by atoms with Crippen LogP contribution in [0.2, 0.25) is 0 Å². The molecule has 4 nitrogen and oxygen atoms in total. The Hall–Kier alpha value is -1.75. The van der Waals surface area contributed by atoms with Gasteiger partial charge in [-0.2, -0.15) is 4.99 Å². The van der Waals surface area contributed by atoms with Gasteiger partial charge in [-0.3, -0.25) is 4.79 Å². The summed E-state index contributed by atoms with van der Waals surface area (Å²) >= 11 is 1.04. The molecule has 0 aromatic heterocycles. The number of carbonyl (C=O) groups is 1. The lowest BCUT2D eigenvalue weighted by molar-refractivity contribution is 0.268. The van der Waals surface area contributed by atoms with Crippen molar-refractivity contribution in [1.82, 2.24) is 0 Å². The first-order valence-corrected chi connectivity index (χ1v) is 5.43. The number of hydrogen-bond acceptors (Lipinski definition) is 4. The molecule has 0 atom stereocenters. The van der Waals surface area contributed by atoms with Crippen LogP contribution in [0.4, 0.5) is 4.79 Å². The zero-order valence-corrected chi connectivity index (χ0v) is 9.45. The van der Waals surface area contributed by atoms with Gasteiger partial charge in [-0.25, -0.2) is 0 Å². The maximum atomic E-state index is 11.0. The second kappa shape index (κ2) is 4.40. The summed E-state index contributed by atoms with van der Waals surface area (Å²) in [5.41, 5.74) is 6.54. The van der Waals surface area contributed by atoms with Crippen molar-refractivity contribution >= 4 is 28.9 Å². The van der Waals surface area contributed by atoms with Crippen LogP contribution >= 0.6 is 11.8 Å². The topological polar surface area (TPSA) is 64.7 Å². The molecule has 5 heteroatoms. The largest absolute Gasteiger partial charge is 0.497 e. The van der Waals surface area contributed by atoms with Crippen molar-refractivity contribution in [2.75, 3.05) is 7.11 Å². The first-order chi connectivity index (χ1) is 7.69. The Labute approximate surface area is 97.2 Å². The molecule has 1 aliphatic rings. The molecule has 1 aromatic carbocycles. The van der Waals surface area contributed by atoms with Crippen LogP contribution in [0.3, 0.4) is 0 Å². The summed E-state index contributed by atoms with van der Waals surface area (Å²) in [5.74, 6) is 1.07. The first kappa shape index (κ1) is 10.8. The van der Waals surface area contributed by atoms with E-state index in [9.17, 15) is 4.79 Å². The Morgan fingerprint density at radius 3 is 2.56 bits per heavy atom. The van der Waals surface area contributed by atoms with E-state index in [4.69, 9.17) is 10.5 Å². The number of aliphatic imine (C=N–C) groups is 1. The molecule has 1 aromatic rings. The summed E-state index contributed by atoms with van der Waals surface area (Å²) in [6.07, 6.45) is 1.83. The van der Waals surface area contributed by atoms with E-state index in [0.717, 1.165) is 23.1 Å². The molecule has 0 aliphatic carbocycles. The van der Waals surface area contributed by atoms with Gasteiger partial charge in [0.05, 0.1) is 12.0 Å². The second-order valence-corrected chi connectivity index (χ2v) is 4.14. The summed E-state index contributed by atoms with van der Waals surface area (Å²) in [4.78, 5) is 15.3. The predicted molar refractivity (Wildman–Crippen MR) is 65.6 cm³/mol. The predicted octanol–water partition coefficient (Wildman–Crippen LogP) is 2.26. The van der Waals surface area contributed by atoms with E-state index in [2.05, 4.69) is 4.99 Å².